The standard InChI is InChI=1S/C19H30O3Si.C13H19NO2/c1-7-14-10-13(12-22-23(5,6)19(2,3)4)11-15-16(20)8-9-17(21)18(14)15;1-2-9-5-8-6-10-11(15)3-4-12(16)14(7-8)13(9)10/h8-10,14-15,18H,7,11-12H2,1-6H3;8-10,13H,2-7H2,1H3/t14-,15-,18-;/m1./s1. The van der Waals surface area contributed by atoms with Crippen molar-refractivity contribution in [3.63, 3.8) is 0 Å². The van der Waals surface area contributed by atoms with Gasteiger partial charge in [0.2, 0.25) is 5.91 Å². The Morgan fingerprint density at radius 2 is 1.64 bits per heavy atom. The molecule has 3 saturated heterocycles. The van der Waals surface area contributed by atoms with Gasteiger partial charge >= 0.3 is 0 Å². The van der Waals surface area contributed by atoms with Gasteiger partial charge in [-0.15, -0.1) is 0 Å². The highest BCUT2D eigenvalue weighted by Crippen LogP contribution is 2.46. The Balaban J connectivity index is 0.000000192. The van der Waals surface area contributed by atoms with Crippen molar-refractivity contribution in [1.82, 2.24) is 4.90 Å². The molecule has 1 amide bonds. The predicted octanol–water partition coefficient (Wildman–Crippen LogP) is 5.92. The zero-order valence-electron chi connectivity index (χ0n) is 25.1. The molecule has 7 heteroatoms. The molecular formula is C32H49NO5Si. The van der Waals surface area contributed by atoms with E-state index in [0.29, 0.717) is 43.5 Å². The number of ketones is 3. The van der Waals surface area contributed by atoms with Crippen molar-refractivity contribution in [3.8, 4) is 0 Å². The van der Waals surface area contributed by atoms with E-state index in [1.165, 1.54) is 24.1 Å². The molecule has 7 atom stereocenters. The number of nitrogens with zero attached hydrogens (tertiary/aromatic N) is 1. The summed E-state index contributed by atoms with van der Waals surface area (Å²) < 4.78 is 6.32. The van der Waals surface area contributed by atoms with E-state index in [2.05, 4.69) is 53.8 Å². The number of fused-ring (bicyclic) bond motifs is 2. The van der Waals surface area contributed by atoms with Gasteiger partial charge < -0.3 is 9.33 Å². The predicted molar refractivity (Wildman–Crippen MR) is 156 cm³/mol. The lowest BCUT2D eigenvalue weighted by molar-refractivity contribution is -0.145. The highest BCUT2D eigenvalue weighted by molar-refractivity contribution is 6.74. The van der Waals surface area contributed by atoms with Crippen molar-refractivity contribution in [2.45, 2.75) is 104 Å². The van der Waals surface area contributed by atoms with E-state index >= 15 is 0 Å². The lowest BCUT2D eigenvalue weighted by Crippen LogP contribution is -2.59. The van der Waals surface area contributed by atoms with Gasteiger partial charge in [0, 0.05) is 43.2 Å². The molecule has 4 bridgehead atoms. The van der Waals surface area contributed by atoms with E-state index in [1.807, 2.05) is 4.90 Å². The highest BCUT2D eigenvalue weighted by Gasteiger charge is 2.51. The molecule has 0 aromatic rings. The van der Waals surface area contributed by atoms with Crippen molar-refractivity contribution in [3.05, 3.63) is 23.8 Å². The maximum Gasteiger partial charge on any atom is 0.223 e. The zero-order chi connectivity index (χ0) is 28.7. The van der Waals surface area contributed by atoms with Gasteiger partial charge in [-0.05, 0) is 79.3 Å². The van der Waals surface area contributed by atoms with Gasteiger partial charge in [-0.3, -0.25) is 19.2 Å². The first-order valence-corrected chi connectivity index (χ1v) is 18.1. The first-order chi connectivity index (χ1) is 18.3. The van der Waals surface area contributed by atoms with E-state index in [4.69, 9.17) is 4.43 Å². The SMILES string of the molecule is CCC1CC2CC3C(=O)CCC(=O)N(C2)C13.CC[C@@H]1C=C(CO[Si](C)(C)C(C)(C)C)C[C@@H]2C(=O)C=CC(=O)[C@@H]21. The van der Waals surface area contributed by atoms with Gasteiger partial charge in [-0.1, -0.05) is 47.1 Å². The van der Waals surface area contributed by atoms with Crippen molar-refractivity contribution < 1.29 is 23.6 Å². The van der Waals surface area contributed by atoms with E-state index in [9.17, 15) is 19.2 Å². The first kappa shape index (κ1) is 30.1. The molecule has 0 aromatic heterocycles. The van der Waals surface area contributed by atoms with Gasteiger partial charge in [0.05, 0.1) is 6.61 Å². The molecule has 0 spiro atoms. The van der Waals surface area contributed by atoms with Gasteiger partial charge in [-0.25, -0.2) is 0 Å². The number of hydrogen-bond donors (Lipinski definition) is 0. The Labute approximate surface area is 236 Å². The Morgan fingerprint density at radius 1 is 0.949 bits per heavy atom. The third kappa shape index (κ3) is 6.09. The van der Waals surface area contributed by atoms with E-state index in [0.717, 1.165) is 25.8 Å². The van der Waals surface area contributed by atoms with Crippen molar-refractivity contribution in [2.24, 2.45) is 35.5 Å². The zero-order valence-corrected chi connectivity index (χ0v) is 26.1. The third-order valence-corrected chi connectivity index (χ3v) is 15.1. The van der Waals surface area contributed by atoms with Crippen LogP contribution in [0.15, 0.2) is 23.8 Å². The maximum absolute atomic E-state index is 12.2. The molecule has 3 heterocycles. The Hall–Kier alpha value is -1.86. The Morgan fingerprint density at radius 3 is 2.28 bits per heavy atom. The number of hydrogen-bond acceptors (Lipinski definition) is 5. The number of carbonyl (C=O) groups is 4. The summed E-state index contributed by atoms with van der Waals surface area (Å²) in [6, 6.07) is 0.248. The fourth-order valence-electron chi connectivity index (χ4n) is 7.31. The molecule has 4 fully saturated rings. The van der Waals surface area contributed by atoms with Gasteiger partial charge in [-0.2, -0.15) is 0 Å². The minimum atomic E-state index is -1.80. The van der Waals surface area contributed by atoms with Crippen molar-refractivity contribution in [2.75, 3.05) is 13.2 Å². The van der Waals surface area contributed by atoms with E-state index in [1.54, 1.807) is 0 Å². The third-order valence-electron chi connectivity index (χ3n) is 10.6. The topological polar surface area (TPSA) is 80.8 Å². The Kier molecular flexibility index (Phi) is 8.92. The summed E-state index contributed by atoms with van der Waals surface area (Å²) in [7, 11) is -1.80. The van der Waals surface area contributed by atoms with Crippen LogP contribution in [0.2, 0.25) is 18.1 Å². The summed E-state index contributed by atoms with van der Waals surface area (Å²) in [4.78, 5) is 50.5. The number of amides is 1. The lowest BCUT2D eigenvalue weighted by Gasteiger charge is -2.52. The number of carbonyl (C=O) groups excluding carboxylic acids is 4. The van der Waals surface area contributed by atoms with Crippen LogP contribution < -0.4 is 0 Å². The molecule has 216 valence electrons. The normalized spacial score (nSPS) is 34.3. The van der Waals surface area contributed by atoms with Crippen LogP contribution in [-0.4, -0.2) is 55.7 Å². The van der Waals surface area contributed by atoms with Crippen LogP contribution in [0.3, 0.4) is 0 Å². The summed E-state index contributed by atoms with van der Waals surface area (Å²) >= 11 is 0. The summed E-state index contributed by atoms with van der Waals surface area (Å²) in [6.45, 7) is 17.0. The molecule has 39 heavy (non-hydrogen) atoms. The van der Waals surface area contributed by atoms with Crippen LogP contribution in [0.4, 0.5) is 0 Å². The minimum Gasteiger partial charge on any atom is -0.413 e. The monoisotopic (exact) mass is 555 g/mol. The van der Waals surface area contributed by atoms with Crippen LogP contribution in [-0.2, 0) is 23.6 Å². The second-order valence-corrected chi connectivity index (χ2v) is 18.8. The summed E-state index contributed by atoms with van der Waals surface area (Å²) in [5.41, 5.74) is 1.19. The van der Waals surface area contributed by atoms with Gasteiger partial charge in [0.25, 0.3) is 0 Å². The van der Waals surface area contributed by atoms with E-state index < -0.39 is 8.32 Å². The van der Waals surface area contributed by atoms with E-state index in [-0.39, 0.29) is 52.2 Å². The quantitative estimate of drug-likeness (QED) is 0.311. The molecule has 6 rings (SSSR count). The molecule has 4 unspecified atom stereocenters. The van der Waals surface area contributed by atoms with Crippen LogP contribution in [0.1, 0.15) is 79.6 Å². The molecule has 3 aliphatic carbocycles. The fourth-order valence-corrected chi connectivity index (χ4v) is 8.28. The number of allylic oxidation sites excluding steroid dienone is 3. The first-order valence-electron chi connectivity index (χ1n) is 15.2. The number of piperidine rings is 2. The maximum atomic E-state index is 12.2. The average Bonchev–Trinajstić information content (AvgIpc) is 2.99. The molecule has 0 N–H and O–H groups in total. The molecule has 6 aliphatic rings. The largest absolute Gasteiger partial charge is 0.413 e. The summed E-state index contributed by atoms with van der Waals surface area (Å²) in [5.74, 6) is 1.95. The van der Waals surface area contributed by atoms with Gasteiger partial charge in [0.15, 0.2) is 19.9 Å². The molecule has 6 nitrogen and oxygen atoms in total. The number of rotatable bonds is 5. The van der Waals surface area contributed by atoms with Crippen LogP contribution in [0, 0.1) is 35.5 Å². The second kappa shape index (κ2) is 11.6. The van der Waals surface area contributed by atoms with Crippen molar-refractivity contribution >= 4 is 31.6 Å². The highest BCUT2D eigenvalue weighted by atomic mass is 28.4. The minimum absolute atomic E-state index is 0.103. The molecule has 0 radical (unpaired) electrons. The van der Waals surface area contributed by atoms with Crippen molar-refractivity contribution in [1.29, 1.82) is 0 Å². The van der Waals surface area contributed by atoms with Crippen LogP contribution >= 0.6 is 0 Å². The molecular weight excluding hydrogens is 506 g/mol. The molecule has 0 aromatic carbocycles. The summed E-state index contributed by atoms with van der Waals surface area (Å²) in [6.07, 6.45) is 11.0. The number of Topliss-reactive ketones (excluding diaryl/α,β-unsaturated/α-hetero) is 1. The average molecular weight is 556 g/mol. The van der Waals surface area contributed by atoms with Crippen LogP contribution in [0.5, 0.6) is 0 Å². The fraction of sp³-hybridized carbons (Fsp3) is 0.750. The smallest absolute Gasteiger partial charge is 0.223 e. The lowest BCUT2D eigenvalue weighted by atomic mass is 9.65. The molecule has 3 aliphatic heterocycles. The van der Waals surface area contributed by atoms with Gasteiger partial charge in [0.1, 0.15) is 5.78 Å². The second-order valence-electron chi connectivity index (χ2n) is 14.0. The van der Waals surface area contributed by atoms with Crippen LogP contribution in [0.25, 0.3) is 0 Å². The Bertz CT molecular complexity index is 1030. The molecule has 1 saturated carbocycles. The summed E-state index contributed by atoms with van der Waals surface area (Å²) in [5, 5.41) is 0.175.